The number of hydrogen-bond acceptors (Lipinski definition) is 4. The van der Waals surface area contributed by atoms with E-state index in [9.17, 15) is 9.59 Å². The van der Waals surface area contributed by atoms with Crippen LogP contribution in [0.1, 0.15) is 25.7 Å². The largest absolute Gasteiger partial charge is 0.480 e. The number of carbonyl (C=O) groups is 2. The summed E-state index contributed by atoms with van der Waals surface area (Å²) >= 11 is 1.50. The summed E-state index contributed by atoms with van der Waals surface area (Å²) in [7, 11) is 0. The number of nitrogens with zero attached hydrogens (tertiary/aromatic N) is 1. The van der Waals surface area contributed by atoms with Crippen LogP contribution in [0.3, 0.4) is 0 Å². The van der Waals surface area contributed by atoms with Crippen LogP contribution in [0.2, 0.25) is 0 Å². The average Bonchev–Trinajstić information content (AvgIpc) is 2.72. The van der Waals surface area contributed by atoms with Crippen molar-refractivity contribution in [3.05, 3.63) is 0 Å². The number of aliphatic carboxylic acids is 1. The molecule has 2 aliphatic rings. The second-order valence-electron chi connectivity index (χ2n) is 4.95. The summed E-state index contributed by atoms with van der Waals surface area (Å²) in [6.07, 6.45) is 3.53. The Morgan fingerprint density at radius 2 is 2.18 bits per heavy atom. The van der Waals surface area contributed by atoms with Gasteiger partial charge in [-0.25, -0.2) is 4.79 Å². The standard InChI is InChI=1S/C11H18N2O3S/c12-6-11(2-1-3-11)4-9(14)13-7-17-5-8(13)10(15)16/h8H,1-7,12H2,(H,15,16). The number of carboxylic acids is 1. The van der Waals surface area contributed by atoms with Crippen LogP contribution in [-0.4, -0.2) is 46.1 Å². The van der Waals surface area contributed by atoms with Crippen molar-refractivity contribution in [1.82, 2.24) is 4.90 Å². The van der Waals surface area contributed by atoms with Crippen LogP contribution < -0.4 is 5.73 Å². The predicted molar refractivity (Wildman–Crippen MR) is 65.6 cm³/mol. The van der Waals surface area contributed by atoms with E-state index >= 15 is 0 Å². The Morgan fingerprint density at radius 1 is 1.47 bits per heavy atom. The lowest BCUT2D eigenvalue weighted by Gasteiger charge is -2.41. The Balaban J connectivity index is 1.97. The summed E-state index contributed by atoms with van der Waals surface area (Å²) in [6.45, 7) is 0.525. The minimum absolute atomic E-state index is 0.0482. The summed E-state index contributed by atoms with van der Waals surface area (Å²) < 4.78 is 0. The van der Waals surface area contributed by atoms with E-state index in [1.807, 2.05) is 0 Å². The molecule has 1 unspecified atom stereocenters. The Morgan fingerprint density at radius 3 is 2.65 bits per heavy atom. The first kappa shape index (κ1) is 12.7. The van der Waals surface area contributed by atoms with Gasteiger partial charge in [-0.1, -0.05) is 6.42 Å². The van der Waals surface area contributed by atoms with Crippen molar-refractivity contribution in [2.75, 3.05) is 18.2 Å². The van der Waals surface area contributed by atoms with Gasteiger partial charge in [0.15, 0.2) is 0 Å². The van der Waals surface area contributed by atoms with Gasteiger partial charge in [-0.2, -0.15) is 0 Å². The molecule has 1 aliphatic heterocycles. The van der Waals surface area contributed by atoms with Crippen LogP contribution in [-0.2, 0) is 9.59 Å². The molecule has 1 saturated carbocycles. The molecule has 1 amide bonds. The zero-order valence-electron chi connectivity index (χ0n) is 9.72. The van der Waals surface area contributed by atoms with Gasteiger partial charge in [-0.05, 0) is 24.8 Å². The van der Waals surface area contributed by atoms with Crippen molar-refractivity contribution >= 4 is 23.6 Å². The minimum Gasteiger partial charge on any atom is -0.480 e. The number of rotatable bonds is 4. The monoisotopic (exact) mass is 258 g/mol. The van der Waals surface area contributed by atoms with E-state index in [-0.39, 0.29) is 11.3 Å². The van der Waals surface area contributed by atoms with Crippen LogP contribution in [0.25, 0.3) is 0 Å². The first-order valence-electron chi connectivity index (χ1n) is 5.88. The molecular weight excluding hydrogens is 240 g/mol. The van der Waals surface area contributed by atoms with Crippen molar-refractivity contribution in [1.29, 1.82) is 0 Å². The average molecular weight is 258 g/mol. The first-order valence-corrected chi connectivity index (χ1v) is 7.03. The second kappa shape index (κ2) is 4.86. The Hall–Kier alpha value is -0.750. The zero-order chi connectivity index (χ0) is 12.5. The summed E-state index contributed by atoms with van der Waals surface area (Å²) in [5.41, 5.74) is 5.67. The third-order valence-electron chi connectivity index (χ3n) is 3.86. The van der Waals surface area contributed by atoms with Gasteiger partial charge in [0.05, 0.1) is 5.88 Å². The fraction of sp³-hybridized carbons (Fsp3) is 0.818. The number of carboxylic acid groups (broad SMARTS) is 1. The number of carbonyl (C=O) groups excluding carboxylic acids is 1. The van der Waals surface area contributed by atoms with Gasteiger partial charge in [0, 0.05) is 12.2 Å². The Kier molecular flexibility index (Phi) is 3.63. The van der Waals surface area contributed by atoms with Crippen LogP contribution >= 0.6 is 11.8 Å². The third-order valence-corrected chi connectivity index (χ3v) is 4.87. The Bertz CT molecular complexity index is 325. The van der Waals surface area contributed by atoms with Crippen molar-refractivity contribution in [3.63, 3.8) is 0 Å². The molecule has 1 atom stereocenters. The summed E-state index contributed by atoms with van der Waals surface area (Å²) in [4.78, 5) is 24.6. The molecule has 3 N–H and O–H groups in total. The van der Waals surface area contributed by atoms with E-state index in [4.69, 9.17) is 10.8 Å². The highest BCUT2D eigenvalue weighted by atomic mass is 32.2. The third kappa shape index (κ3) is 2.42. The lowest BCUT2D eigenvalue weighted by molar-refractivity contribution is -0.149. The molecule has 0 aromatic heterocycles. The first-order chi connectivity index (χ1) is 8.08. The normalized spacial score (nSPS) is 26.6. The lowest BCUT2D eigenvalue weighted by Crippen LogP contribution is -2.47. The molecular formula is C11H18N2O3S. The molecule has 96 valence electrons. The molecule has 1 aliphatic carbocycles. The fourth-order valence-corrected chi connectivity index (χ4v) is 3.62. The smallest absolute Gasteiger partial charge is 0.327 e. The summed E-state index contributed by atoms with van der Waals surface area (Å²) in [6, 6.07) is -0.651. The van der Waals surface area contributed by atoms with Crippen molar-refractivity contribution in [2.45, 2.75) is 31.7 Å². The van der Waals surface area contributed by atoms with Crippen LogP contribution in [0.4, 0.5) is 0 Å². The maximum Gasteiger partial charge on any atom is 0.327 e. The minimum atomic E-state index is -0.904. The topological polar surface area (TPSA) is 83.6 Å². The van der Waals surface area contributed by atoms with Gasteiger partial charge in [0.25, 0.3) is 0 Å². The lowest BCUT2D eigenvalue weighted by atomic mass is 9.66. The highest BCUT2D eigenvalue weighted by molar-refractivity contribution is 7.99. The molecule has 0 bridgehead atoms. The van der Waals surface area contributed by atoms with Gasteiger partial charge in [-0.3, -0.25) is 4.79 Å². The van der Waals surface area contributed by atoms with E-state index < -0.39 is 12.0 Å². The van der Waals surface area contributed by atoms with Crippen LogP contribution in [0, 0.1) is 5.41 Å². The fourth-order valence-electron chi connectivity index (χ4n) is 2.45. The van der Waals surface area contributed by atoms with Crippen molar-refractivity contribution in [2.24, 2.45) is 11.1 Å². The molecule has 1 saturated heterocycles. The van der Waals surface area contributed by atoms with E-state index in [1.165, 1.54) is 16.7 Å². The van der Waals surface area contributed by atoms with Gasteiger partial charge in [0.1, 0.15) is 6.04 Å². The zero-order valence-corrected chi connectivity index (χ0v) is 10.5. The number of hydrogen-bond donors (Lipinski definition) is 2. The van der Waals surface area contributed by atoms with Crippen LogP contribution in [0.5, 0.6) is 0 Å². The van der Waals surface area contributed by atoms with E-state index in [1.54, 1.807) is 0 Å². The van der Waals surface area contributed by atoms with E-state index in [0.29, 0.717) is 24.6 Å². The molecule has 0 radical (unpaired) electrons. The van der Waals surface area contributed by atoms with Gasteiger partial charge >= 0.3 is 5.97 Å². The highest BCUT2D eigenvalue weighted by Gasteiger charge is 2.42. The number of amides is 1. The molecule has 17 heavy (non-hydrogen) atoms. The van der Waals surface area contributed by atoms with E-state index in [2.05, 4.69) is 0 Å². The molecule has 5 nitrogen and oxygen atoms in total. The van der Waals surface area contributed by atoms with Crippen LogP contribution in [0.15, 0.2) is 0 Å². The van der Waals surface area contributed by atoms with Gasteiger partial charge in [0.2, 0.25) is 5.91 Å². The number of thioether (sulfide) groups is 1. The molecule has 0 spiro atoms. The van der Waals surface area contributed by atoms with Crippen molar-refractivity contribution in [3.8, 4) is 0 Å². The summed E-state index contributed by atoms with van der Waals surface area (Å²) in [5.74, 6) is 0.0407. The molecule has 2 rings (SSSR count). The molecule has 0 aromatic rings. The summed E-state index contributed by atoms with van der Waals surface area (Å²) in [5, 5.41) is 9.03. The SMILES string of the molecule is NCC1(CC(=O)N2CSCC2C(=O)O)CCC1. The molecule has 0 aromatic carbocycles. The highest BCUT2D eigenvalue weighted by Crippen LogP contribution is 2.43. The van der Waals surface area contributed by atoms with E-state index in [0.717, 1.165) is 19.3 Å². The maximum absolute atomic E-state index is 12.1. The second-order valence-corrected chi connectivity index (χ2v) is 5.95. The molecule has 1 heterocycles. The number of nitrogens with two attached hydrogens (primary N) is 1. The van der Waals surface area contributed by atoms with Crippen molar-refractivity contribution < 1.29 is 14.7 Å². The predicted octanol–water partition coefficient (Wildman–Crippen LogP) is 0.492. The van der Waals surface area contributed by atoms with Gasteiger partial charge < -0.3 is 15.7 Å². The maximum atomic E-state index is 12.1. The Labute approximate surface area is 105 Å². The van der Waals surface area contributed by atoms with Gasteiger partial charge in [-0.15, -0.1) is 11.8 Å². The quantitative estimate of drug-likeness (QED) is 0.767. The molecule has 6 heteroatoms. The molecule has 2 fully saturated rings.